The zero-order valence-electron chi connectivity index (χ0n) is 17.1. The molecule has 3 rings (SSSR count). The number of nitrogens with zero attached hydrogens (tertiary/aromatic N) is 2. The Labute approximate surface area is 177 Å². The van der Waals surface area contributed by atoms with Gasteiger partial charge in [0.25, 0.3) is 0 Å². The lowest BCUT2D eigenvalue weighted by atomic mass is 9.77. The molecule has 2 aliphatic rings. The molecule has 1 aliphatic carbocycles. The first-order valence-corrected chi connectivity index (χ1v) is 11.0. The first kappa shape index (κ1) is 21.6. The van der Waals surface area contributed by atoms with E-state index in [1.165, 1.54) is 0 Å². The van der Waals surface area contributed by atoms with Crippen molar-refractivity contribution in [1.82, 2.24) is 5.16 Å². The first-order chi connectivity index (χ1) is 13.3. The highest BCUT2D eigenvalue weighted by molar-refractivity contribution is 6.70. The average molecular weight is 425 g/mol. The van der Waals surface area contributed by atoms with Crippen LogP contribution < -0.4 is 0 Å². The molecule has 0 amide bonds. The van der Waals surface area contributed by atoms with Crippen LogP contribution >= 0.6 is 23.2 Å². The third-order valence-electron chi connectivity index (χ3n) is 5.69. The van der Waals surface area contributed by atoms with Gasteiger partial charge in [0.1, 0.15) is 11.3 Å². The zero-order valence-corrected chi connectivity index (χ0v) is 18.6. The second kappa shape index (κ2) is 9.15. The highest BCUT2D eigenvalue weighted by atomic mass is 35.5. The van der Waals surface area contributed by atoms with Crippen LogP contribution in [-0.4, -0.2) is 21.5 Å². The maximum absolute atomic E-state index is 10.7. The molecule has 4 nitrogen and oxygen atoms in total. The predicted molar refractivity (Wildman–Crippen MR) is 115 cm³/mol. The minimum absolute atomic E-state index is 0.0393. The van der Waals surface area contributed by atoms with Gasteiger partial charge in [0.15, 0.2) is 5.76 Å². The Morgan fingerprint density at radius 3 is 2.68 bits per heavy atom. The number of halogens is 2. The average Bonchev–Trinajstić information content (AvgIpc) is 3.07. The largest absolute Gasteiger partial charge is 0.381 e. The summed E-state index contributed by atoms with van der Waals surface area (Å²) < 4.78 is 5.26. The first-order valence-electron chi connectivity index (χ1n) is 10.2. The molecule has 1 aliphatic heterocycles. The van der Waals surface area contributed by atoms with Crippen molar-refractivity contribution in [1.29, 1.82) is 0 Å². The van der Waals surface area contributed by atoms with E-state index in [-0.39, 0.29) is 12.0 Å². The van der Waals surface area contributed by atoms with Gasteiger partial charge < -0.3 is 9.63 Å². The number of aliphatic hydroxyl groups excluding tert-OH is 1. The van der Waals surface area contributed by atoms with Crippen LogP contribution in [-0.2, 0) is 0 Å². The molecule has 6 heteroatoms. The molecule has 154 valence electrons. The highest BCUT2D eigenvalue weighted by Gasteiger charge is 2.38. The van der Waals surface area contributed by atoms with E-state index in [2.05, 4.69) is 25.9 Å². The molecular weight excluding hydrogens is 395 g/mol. The Bertz CT molecular complexity index is 794. The summed E-state index contributed by atoms with van der Waals surface area (Å²) in [5, 5.41) is 16.0. The Morgan fingerprint density at radius 2 is 2.07 bits per heavy atom. The standard InChI is InChI=1S/C22H30Cl2N2O2/c1-5-6-14(9-12(2)3)19-20(23)16-11-15(7-8-17(16)25-22(19)24)21(27)18-10-13(4)26-28-18/h7,10,12,14,16-17,21,27H,5-6,8-9,11H2,1-4H3. The van der Waals surface area contributed by atoms with Gasteiger partial charge in [0.05, 0.1) is 11.7 Å². The molecule has 0 radical (unpaired) electrons. The number of allylic oxidation sites excluding steroid dienone is 1. The quantitative estimate of drug-likeness (QED) is 0.520. The fourth-order valence-corrected chi connectivity index (χ4v) is 5.30. The van der Waals surface area contributed by atoms with Gasteiger partial charge in [-0.3, -0.25) is 4.99 Å². The van der Waals surface area contributed by atoms with Crippen molar-refractivity contribution in [2.45, 2.75) is 71.9 Å². The lowest BCUT2D eigenvalue weighted by molar-refractivity contribution is 0.163. The topological polar surface area (TPSA) is 58.6 Å². The maximum Gasteiger partial charge on any atom is 0.169 e. The van der Waals surface area contributed by atoms with Gasteiger partial charge in [0.2, 0.25) is 0 Å². The number of aliphatic hydroxyl groups is 1. The molecule has 0 spiro atoms. The third kappa shape index (κ3) is 4.55. The van der Waals surface area contributed by atoms with Gasteiger partial charge in [-0.2, -0.15) is 0 Å². The summed E-state index contributed by atoms with van der Waals surface area (Å²) in [5.41, 5.74) is 2.69. The van der Waals surface area contributed by atoms with Crippen LogP contribution in [0.4, 0.5) is 0 Å². The number of dihydropyridines is 1. The fourth-order valence-electron chi connectivity index (χ4n) is 4.40. The van der Waals surface area contributed by atoms with E-state index in [1.54, 1.807) is 6.07 Å². The number of aryl methyl sites for hydroxylation is 1. The SMILES string of the molecule is CCCC(CC(C)C)C1=C(Cl)C2CC(C(O)c3cc(C)no3)=CCC2N=C1Cl. The van der Waals surface area contributed by atoms with E-state index in [0.717, 1.165) is 41.1 Å². The summed E-state index contributed by atoms with van der Waals surface area (Å²) in [6.45, 7) is 8.49. The Kier molecular flexibility index (Phi) is 7.06. The lowest BCUT2D eigenvalue weighted by Crippen LogP contribution is -2.32. The number of fused-ring (bicyclic) bond motifs is 1. The molecule has 2 heterocycles. The smallest absolute Gasteiger partial charge is 0.169 e. The summed E-state index contributed by atoms with van der Waals surface area (Å²) in [5.74, 6) is 1.42. The number of aromatic nitrogens is 1. The van der Waals surface area contributed by atoms with Crippen molar-refractivity contribution in [3.8, 4) is 0 Å². The van der Waals surface area contributed by atoms with E-state index < -0.39 is 6.10 Å². The minimum Gasteiger partial charge on any atom is -0.381 e. The van der Waals surface area contributed by atoms with Gasteiger partial charge in [-0.25, -0.2) is 0 Å². The van der Waals surface area contributed by atoms with Crippen LogP contribution in [0.1, 0.15) is 70.4 Å². The fraction of sp³-hybridized carbons (Fsp3) is 0.636. The molecule has 0 bridgehead atoms. The normalized spacial score (nSPS) is 24.7. The van der Waals surface area contributed by atoms with Crippen molar-refractivity contribution in [3.05, 3.63) is 39.8 Å². The number of aliphatic imine (C=N–C) groups is 1. The van der Waals surface area contributed by atoms with E-state index in [1.807, 2.05) is 13.0 Å². The van der Waals surface area contributed by atoms with Gasteiger partial charge >= 0.3 is 0 Å². The maximum atomic E-state index is 10.7. The summed E-state index contributed by atoms with van der Waals surface area (Å²) in [4.78, 5) is 4.79. The number of hydrogen-bond donors (Lipinski definition) is 1. The molecule has 4 atom stereocenters. The summed E-state index contributed by atoms with van der Waals surface area (Å²) in [6.07, 6.45) is 5.80. The van der Waals surface area contributed by atoms with Crippen LogP contribution in [0.3, 0.4) is 0 Å². The summed E-state index contributed by atoms with van der Waals surface area (Å²) >= 11 is 13.6. The van der Waals surface area contributed by atoms with Crippen molar-refractivity contribution in [2.24, 2.45) is 22.7 Å². The summed E-state index contributed by atoms with van der Waals surface area (Å²) in [6, 6.07) is 1.81. The second-order valence-corrected chi connectivity index (χ2v) is 9.23. The van der Waals surface area contributed by atoms with E-state index in [9.17, 15) is 5.11 Å². The van der Waals surface area contributed by atoms with Crippen LogP contribution in [0, 0.1) is 24.7 Å². The van der Waals surface area contributed by atoms with Crippen LogP contribution in [0.2, 0.25) is 0 Å². The van der Waals surface area contributed by atoms with Gasteiger partial charge in [-0.15, -0.1) is 0 Å². The molecule has 0 aromatic carbocycles. The third-order valence-corrected chi connectivity index (χ3v) is 6.48. The predicted octanol–water partition coefficient (Wildman–Crippen LogP) is 6.33. The van der Waals surface area contributed by atoms with Crippen molar-refractivity contribution in [3.63, 3.8) is 0 Å². The molecule has 1 aromatic rings. The van der Waals surface area contributed by atoms with E-state index in [4.69, 9.17) is 32.7 Å². The lowest BCUT2D eigenvalue weighted by Gasteiger charge is -2.36. The van der Waals surface area contributed by atoms with Crippen LogP contribution in [0.15, 0.2) is 37.8 Å². The molecule has 0 fully saturated rings. The Hall–Kier alpha value is -1.10. The molecule has 0 saturated carbocycles. The minimum atomic E-state index is -0.793. The highest BCUT2D eigenvalue weighted by Crippen LogP contribution is 2.45. The molecule has 1 aromatic heterocycles. The van der Waals surface area contributed by atoms with E-state index >= 15 is 0 Å². The van der Waals surface area contributed by atoms with Gasteiger partial charge in [0, 0.05) is 22.6 Å². The number of rotatable bonds is 7. The van der Waals surface area contributed by atoms with Crippen LogP contribution in [0.25, 0.3) is 0 Å². The van der Waals surface area contributed by atoms with Crippen molar-refractivity contribution >= 4 is 28.4 Å². The Morgan fingerprint density at radius 1 is 1.32 bits per heavy atom. The van der Waals surface area contributed by atoms with Crippen molar-refractivity contribution in [2.75, 3.05) is 0 Å². The molecular formula is C22H30Cl2N2O2. The molecule has 4 unspecified atom stereocenters. The van der Waals surface area contributed by atoms with E-state index in [0.29, 0.717) is 35.6 Å². The molecule has 1 N–H and O–H groups in total. The van der Waals surface area contributed by atoms with Crippen LogP contribution in [0.5, 0.6) is 0 Å². The monoisotopic (exact) mass is 424 g/mol. The molecule has 0 saturated heterocycles. The Balaban J connectivity index is 1.87. The van der Waals surface area contributed by atoms with Crippen molar-refractivity contribution < 1.29 is 9.63 Å². The van der Waals surface area contributed by atoms with Gasteiger partial charge in [-0.05, 0) is 50.0 Å². The second-order valence-electron chi connectivity index (χ2n) is 8.46. The number of hydrogen-bond acceptors (Lipinski definition) is 4. The molecule has 28 heavy (non-hydrogen) atoms. The zero-order chi connectivity index (χ0) is 20.4. The van der Waals surface area contributed by atoms with Gasteiger partial charge in [-0.1, -0.05) is 61.6 Å². The summed E-state index contributed by atoms with van der Waals surface area (Å²) in [7, 11) is 0.